The third kappa shape index (κ3) is 1.42. The first-order chi connectivity index (χ1) is 6.81. The fourth-order valence-electron chi connectivity index (χ4n) is 1.23. The fraction of sp³-hybridized carbons (Fsp3) is 0.100. The van der Waals surface area contributed by atoms with E-state index in [1.807, 2.05) is 0 Å². The second kappa shape index (κ2) is 3.41. The molecule has 1 aromatic heterocycles. The Morgan fingerprint density at radius 3 is 3.07 bits per heavy atom. The summed E-state index contributed by atoms with van der Waals surface area (Å²) < 4.78 is 0. The van der Waals surface area contributed by atoms with Gasteiger partial charge in [-0.1, -0.05) is 6.07 Å². The number of rotatable bonds is 1. The zero-order valence-electron chi connectivity index (χ0n) is 7.68. The molecule has 1 aromatic carbocycles. The van der Waals surface area contributed by atoms with E-state index in [0.29, 0.717) is 16.7 Å². The van der Waals surface area contributed by atoms with Gasteiger partial charge in [0.15, 0.2) is 0 Å². The normalized spacial score (nSPS) is 11.2. The molecule has 0 aliphatic heterocycles. The first-order valence-electron chi connectivity index (χ1n) is 4.18. The summed E-state index contributed by atoms with van der Waals surface area (Å²) in [5, 5.41) is 9.52. The van der Waals surface area contributed by atoms with Crippen LogP contribution in [0.2, 0.25) is 0 Å². The summed E-state index contributed by atoms with van der Waals surface area (Å²) in [7, 11) is 1.66. The van der Waals surface area contributed by atoms with E-state index in [9.17, 15) is 5.11 Å². The highest BCUT2D eigenvalue weighted by molar-refractivity contribution is 5.85. The number of fused-ring (bicyclic) bond motifs is 1. The Bertz CT molecular complexity index is 494. The van der Waals surface area contributed by atoms with Crippen LogP contribution in [0.1, 0.15) is 5.69 Å². The quantitative estimate of drug-likeness (QED) is 0.686. The molecular formula is C10H9N3O. The van der Waals surface area contributed by atoms with Gasteiger partial charge in [0.25, 0.3) is 0 Å². The molecule has 1 N–H and O–H groups in total. The summed E-state index contributed by atoms with van der Waals surface area (Å²) in [5.41, 5.74) is 1.82. The van der Waals surface area contributed by atoms with Gasteiger partial charge in [-0.25, -0.2) is 4.98 Å². The van der Waals surface area contributed by atoms with E-state index < -0.39 is 0 Å². The van der Waals surface area contributed by atoms with E-state index in [2.05, 4.69) is 15.0 Å². The minimum absolute atomic E-state index is 0.140. The van der Waals surface area contributed by atoms with Crippen molar-refractivity contribution in [3.05, 3.63) is 30.1 Å². The summed E-state index contributed by atoms with van der Waals surface area (Å²) in [6.45, 7) is 0. The van der Waals surface area contributed by atoms with Crippen LogP contribution in [0.15, 0.2) is 29.4 Å². The minimum Gasteiger partial charge on any atom is -0.506 e. The van der Waals surface area contributed by atoms with Gasteiger partial charge in [-0.2, -0.15) is 0 Å². The molecule has 0 unspecified atom stereocenters. The van der Waals surface area contributed by atoms with Gasteiger partial charge in [-0.05, 0) is 12.1 Å². The maximum atomic E-state index is 9.52. The van der Waals surface area contributed by atoms with E-state index in [0.717, 1.165) is 0 Å². The minimum atomic E-state index is 0.140. The molecule has 0 spiro atoms. The Labute approximate surface area is 81.0 Å². The summed E-state index contributed by atoms with van der Waals surface area (Å²) in [5.74, 6) is 0.140. The first kappa shape index (κ1) is 8.62. The van der Waals surface area contributed by atoms with Crippen molar-refractivity contribution in [1.82, 2.24) is 9.97 Å². The maximum absolute atomic E-state index is 9.52. The Balaban J connectivity index is 2.69. The number of phenolic OH excluding ortho intramolecular Hbond substituents is 1. The highest BCUT2D eigenvalue weighted by Crippen LogP contribution is 2.19. The highest BCUT2D eigenvalue weighted by Gasteiger charge is 2.01. The molecule has 0 aliphatic rings. The molecule has 14 heavy (non-hydrogen) atoms. The Morgan fingerprint density at radius 1 is 1.43 bits per heavy atom. The second-order valence-corrected chi connectivity index (χ2v) is 2.83. The number of aromatic hydroxyl groups is 1. The number of aromatic nitrogens is 2. The van der Waals surface area contributed by atoms with Crippen LogP contribution in [-0.2, 0) is 0 Å². The van der Waals surface area contributed by atoms with E-state index in [4.69, 9.17) is 0 Å². The molecule has 4 nitrogen and oxygen atoms in total. The summed E-state index contributed by atoms with van der Waals surface area (Å²) >= 11 is 0. The zero-order valence-corrected chi connectivity index (χ0v) is 7.68. The predicted octanol–water partition coefficient (Wildman–Crippen LogP) is 1.38. The van der Waals surface area contributed by atoms with Crippen LogP contribution >= 0.6 is 0 Å². The number of nitrogens with zero attached hydrogens (tertiary/aromatic N) is 3. The average molecular weight is 187 g/mol. The number of phenols is 1. The van der Waals surface area contributed by atoms with Crippen molar-refractivity contribution in [2.24, 2.45) is 4.99 Å². The molecule has 4 heteroatoms. The number of para-hydroxylation sites is 1. The van der Waals surface area contributed by atoms with Gasteiger partial charge in [-0.15, -0.1) is 0 Å². The Kier molecular flexibility index (Phi) is 2.10. The van der Waals surface area contributed by atoms with Crippen molar-refractivity contribution in [2.75, 3.05) is 7.05 Å². The van der Waals surface area contributed by atoms with Crippen molar-refractivity contribution in [2.45, 2.75) is 0 Å². The molecule has 0 bridgehead atoms. The topological polar surface area (TPSA) is 58.4 Å². The van der Waals surface area contributed by atoms with Crippen molar-refractivity contribution >= 4 is 17.2 Å². The highest BCUT2D eigenvalue weighted by atomic mass is 16.3. The molecule has 0 radical (unpaired) electrons. The van der Waals surface area contributed by atoms with Crippen LogP contribution < -0.4 is 0 Å². The van der Waals surface area contributed by atoms with E-state index in [-0.39, 0.29) is 5.75 Å². The Hall–Kier alpha value is -1.97. The van der Waals surface area contributed by atoms with Crippen LogP contribution in [0.5, 0.6) is 5.75 Å². The molecule has 2 aromatic rings. The number of hydrogen-bond donors (Lipinski definition) is 1. The molecule has 70 valence electrons. The lowest BCUT2D eigenvalue weighted by molar-refractivity contribution is 0.480. The molecule has 0 aliphatic carbocycles. The molecule has 0 amide bonds. The molecule has 0 fully saturated rings. The van der Waals surface area contributed by atoms with Gasteiger partial charge >= 0.3 is 0 Å². The molecule has 0 saturated heterocycles. The number of aliphatic imine (C=N–C) groups is 1. The molecule has 0 atom stereocenters. The average Bonchev–Trinajstić information content (AvgIpc) is 2.20. The third-order valence-corrected chi connectivity index (χ3v) is 1.83. The van der Waals surface area contributed by atoms with Crippen molar-refractivity contribution in [3.63, 3.8) is 0 Å². The molecule has 1 heterocycles. The van der Waals surface area contributed by atoms with Crippen LogP contribution in [0.4, 0.5) is 0 Å². The first-order valence-corrected chi connectivity index (χ1v) is 4.18. The van der Waals surface area contributed by atoms with Crippen LogP contribution in [0, 0.1) is 0 Å². The second-order valence-electron chi connectivity index (χ2n) is 2.83. The van der Waals surface area contributed by atoms with Gasteiger partial charge in [0.2, 0.25) is 0 Å². The van der Waals surface area contributed by atoms with Gasteiger partial charge in [0.05, 0.1) is 17.4 Å². The molecule has 2 rings (SSSR count). The van der Waals surface area contributed by atoms with Crippen molar-refractivity contribution in [3.8, 4) is 5.75 Å². The van der Waals surface area contributed by atoms with E-state index in [1.54, 1.807) is 37.7 Å². The van der Waals surface area contributed by atoms with Crippen molar-refractivity contribution < 1.29 is 5.11 Å². The predicted molar refractivity (Wildman–Crippen MR) is 54.7 cm³/mol. The lowest BCUT2D eigenvalue weighted by Gasteiger charge is -1.99. The third-order valence-electron chi connectivity index (χ3n) is 1.83. The lowest BCUT2D eigenvalue weighted by Crippen LogP contribution is -1.91. The van der Waals surface area contributed by atoms with Gasteiger partial charge < -0.3 is 5.11 Å². The lowest BCUT2D eigenvalue weighted by atomic mass is 10.2. The SMILES string of the molecule is CN=Cc1cnc2cccc(O)c2n1. The maximum Gasteiger partial charge on any atom is 0.143 e. The fourth-order valence-corrected chi connectivity index (χ4v) is 1.23. The standard InChI is InChI=1S/C10H9N3O/c1-11-5-7-6-12-8-3-2-4-9(14)10(8)13-7/h2-6,14H,1H3. The smallest absolute Gasteiger partial charge is 0.143 e. The van der Waals surface area contributed by atoms with Gasteiger partial charge in [0.1, 0.15) is 11.3 Å². The van der Waals surface area contributed by atoms with Gasteiger partial charge in [0, 0.05) is 13.3 Å². The summed E-state index contributed by atoms with van der Waals surface area (Å²) in [6, 6.07) is 5.12. The number of hydrogen-bond acceptors (Lipinski definition) is 4. The van der Waals surface area contributed by atoms with Crippen LogP contribution in [0.25, 0.3) is 11.0 Å². The van der Waals surface area contributed by atoms with Gasteiger partial charge in [-0.3, -0.25) is 9.98 Å². The van der Waals surface area contributed by atoms with Crippen LogP contribution in [-0.4, -0.2) is 28.3 Å². The zero-order chi connectivity index (χ0) is 9.97. The molecule has 0 saturated carbocycles. The van der Waals surface area contributed by atoms with Crippen LogP contribution in [0.3, 0.4) is 0 Å². The largest absolute Gasteiger partial charge is 0.506 e. The molecular weight excluding hydrogens is 178 g/mol. The van der Waals surface area contributed by atoms with Crippen molar-refractivity contribution in [1.29, 1.82) is 0 Å². The Morgan fingerprint density at radius 2 is 2.29 bits per heavy atom. The number of benzene rings is 1. The van der Waals surface area contributed by atoms with E-state index in [1.165, 1.54) is 0 Å². The summed E-state index contributed by atoms with van der Waals surface area (Å²) in [4.78, 5) is 12.2. The van der Waals surface area contributed by atoms with E-state index >= 15 is 0 Å². The summed E-state index contributed by atoms with van der Waals surface area (Å²) in [6.07, 6.45) is 3.22. The monoisotopic (exact) mass is 187 g/mol.